The quantitative estimate of drug-likeness (QED) is 0.528. The standard InChI is InChI=1S/C9H10O/c1-2-3-5-8-6-4-7-9(8)10/h2-3,5-6H,1,4,7H2/b5-3+. The topological polar surface area (TPSA) is 17.1 Å². The van der Waals surface area contributed by atoms with E-state index < -0.39 is 0 Å². The second kappa shape index (κ2) is 3.16. The fraction of sp³-hybridized carbons (Fsp3) is 0.222. The number of ketones is 1. The number of hydrogen-bond donors (Lipinski definition) is 0. The molecule has 1 heteroatoms. The Hall–Kier alpha value is -1.11. The van der Waals surface area contributed by atoms with E-state index in [9.17, 15) is 4.79 Å². The SMILES string of the molecule is C=C/C=C/C1=CCCC1=O. The molecular weight excluding hydrogens is 124 g/mol. The van der Waals surface area contributed by atoms with Crippen molar-refractivity contribution in [3.05, 3.63) is 36.5 Å². The van der Waals surface area contributed by atoms with Crippen LogP contribution in [0.2, 0.25) is 0 Å². The first-order valence-electron chi connectivity index (χ1n) is 3.37. The van der Waals surface area contributed by atoms with Crippen LogP contribution in [0.25, 0.3) is 0 Å². The molecule has 0 aliphatic heterocycles. The van der Waals surface area contributed by atoms with E-state index in [1.165, 1.54) is 0 Å². The van der Waals surface area contributed by atoms with Crippen molar-refractivity contribution in [2.75, 3.05) is 0 Å². The molecule has 0 atom stereocenters. The first-order valence-corrected chi connectivity index (χ1v) is 3.37. The summed E-state index contributed by atoms with van der Waals surface area (Å²) in [6, 6.07) is 0. The Balaban J connectivity index is 2.63. The summed E-state index contributed by atoms with van der Waals surface area (Å²) in [4.78, 5) is 10.9. The third-order valence-electron chi connectivity index (χ3n) is 1.47. The van der Waals surface area contributed by atoms with E-state index in [1.807, 2.05) is 12.2 Å². The average Bonchev–Trinajstić information content (AvgIpc) is 2.31. The van der Waals surface area contributed by atoms with Crippen LogP contribution in [0.3, 0.4) is 0 Å². The number of allylic oxidation sites excluding steroid dienone is 5. The van der Waals surface area contributed by atoms with Gasteiger partial charge in [-0.15, -0.1) is 0 Å². The van der Waals surface area contributed by atoms with Gasteiger partial charge < -0.3 is 0 Å². The van der Waals surface area contributed by atoms with Crippen LogP contribution in [0.4, 0.5) is 0 Å². The molecular formula is C9H10O. The van der Waals surface area contributed by atoms with Crippen LogP contribution in [0.15, 0.2) is 36.5 Å². The molecule has 0 unspecified atom stereocenters. The second-order valence-electron chi connectivity index (χ2n) is 2.22. The van der Waals surface area contributed by atoms with E-state index in [2.05, 4.69) is 6.58 Å². The largest absolute Gasteiger partial charge is 0.294 e. The van der Waals surface area contributed by atoms with Crippen molar-refractivity contribution >= 4 is 5.78 Å². The third kappa shape index (κ3) is 1.44. The monoisotopic (exact) mass is 134 g/mol. The van der Waals surface area contributed by atoms with Gasteiger partial charge >= 0.3 is 0 Å². The number of carbonyl (C=O) groups excluding carboxylic acids is 1. The molecule has 0 aromatic rings. The summed E-state index contributed by atoms with van der Waals surface area (Å²) in [7, 11) is 0. The normalized spacial score (nSPS) is 18.0. The molecule has 1 aliphatic carbocycles. The lowest BCUT2D eigenvalue weighted by Gasteiger charge is -1.86. The third-order valence-corrected chi connectivity index (χ3v) is 1.47. The molecule has 0 N–H and O–H groups in total. The van der Waals surface area contributed by atoms with Crippen LogP contribution in [0.1, 0.15) is 12.8 Å². The van der Waals surface area contributed by atoms with Gasteiger partial charge in [-0.1, -0.05) is 30.9 Å². The highest BCUT2D eigenvalue weighted by atomic mass is 16.1. The average molecular weight is 134 g/mol. The highest BCUT2D eigenvalue weighted by molar-refractivity contribution is 6.00. The molecule has 0 saturated heterocycles. The van der Waals surface area contributed by atoms with E-state index in [4.69, 9.17) is 0 Å². The Morgan fingerprint density at radius 1 is 1.60 bits per heavy atom. The molecule has 0 bridgehead atoms. The summed E-state index contributed by atoms with van der Waals surface area (Å²) in [5.74, 6) is 0.248. The fourth-order valence-electron chi connectivity index (χ4n) is 0.950. The lowest BCUT2D eigenvalue weighted by atomic mass is 10.2. The lowest BCUT2D eigenvalue weighted by molar-refractivity contribution is -0.114. The smallest absolute Gasteiger partial charge is 0.162 e. The fourth-order valence-corrected chi connectivity index (χ4v) is 0.950. The van der Waals surface area contributed by atoms with Crippen LogP contribution < -0.4 is 0 Å². The Bertz CT molecular complexity index is 209. The number of hydrogen-bond acceptors (Lipinski definition) is 1. The van der Waals surface area contributed by atoms with Crippen molar-refractivity contribution in [1.29, 1.82) is 0 Å². The molecule has 0 aromatic carbocycles. The zero-order chi connectivity index (χ0) is 7.40. The minimum absolute atomic E-state index is 0.248. The maximum absolute atomic E-state index is 10.9. The molecule has 10 heavy (non-hydrogen) atoms. The molecule has 52 valence electrons. The lowest BCUT2D eigenvalue weighted by Crippen LogP contribution is -1.90. The second-order valence-corrected chi connectivity index (χ2v) is 2.22. The minimum Gasteiger partial charge on any atom is -0.294 e. The summed E-state index contributed by atoms with van der Waals surface area (Å²) in [6.07, 6.45) is 8.80. The van der Waals surface area contributed by atoms with E-state index in [0.717, 1.165) is 12.0 Å². The van der Waals surface area contributed by atoms with E-state index in [-0.39, 0.29) is 5.78 Å². The van der Waals surface area contributed by atoms with Gasteiger partial charge in [-0.3, -0.25) is 4.79 Å². The number of Topliss-reactive ketones (excluding diaryl/α,β-unsaturated/α-hetero) is 1. The Morgan fingerprint density at radius 2 is 2.40 bits per heavy atom. The number of rotatable bonds is 2. The van der Waals surface area contributed by atoms with E-state index in [1.54, 1.807) is 12.2 Å². The first kappa shape index (κ1) is 7.00. The summed E-state index contributed by atoms with van der Waals surface area (Å²) in [6.45, 7) is 3.52. The molecule has 0 fully saturated rings. The van der Waals surface area contributed by atoms with Crippen LogP contribution in [-0.4, -0.2) is 5.78 Å². The summed E-state index contributed by atoms with van der Waals surface area (Å²) >= 11 is 0. The Labute approximate surface area is 60.7 Å². The molecule has 1 rings (SSSR count). The zero-order valence-electron chi connectivity index (χ0n) is 5.84. The van der Waals surface area contributed by atoms with Gasteiger partial charge in [-0.2, -0.15) is 0 Å². The molecule has 0 heterocycles. The molecule has 0 radical (unpaired) electrons. The van der Waals surface area contributed by atoms with Crippen LogP contribution in [0, 0.1) is 0 Å². The molecule has 0 spiro atoms. The van der Waals surface area contributed by atoms with Gasteiger partial charge in [0.2, 0.25) is 0 Å². The molecule has 0 aromatic heterocycles. The van der Waals surface area contributed by atoms with Gasteiger partial charge in [0.25, 0.3) is 0 Å². The summed E-state index contributed by atoms with van der Waals surface area (Å²) < 4.78 is 0. The van der Waals surface area contributed by atoms with Crippen LogP contribution in [-0.2, 0) is 4.79 Å². The molecule has 0 saturated carbocycles. The molecule has 1 aliphatic rings. The van der Waals surface area contributed by atoms with Crippen LogP contribution >= 0.6 is 0 Å². The highest BCUT2D eigenvalue weighted by Gasteiger charge is 2.10. The van der Waals surface area contributed by atoms with E-state index in [0.29, 0.717) is 6.42 Å². The molecule has 1 nitrogen and oxygen atoms in total. The van der Waals surface area contributed by atoms with Gasteiger partial charge in [-0.25, -0.2) is 0 Å². The van der Waals surface area contributed by atoms with Crippen molar-refractivity contribution in [2.45, 2.75) is 12.8 Å². The van der Waals surface area contributed by atoms with Gasteiger partial charge in [0.05, 0.1) is 0 Å². The summed E-state index contributed by atoms with van der Waals surface area (Å²) in [5, 5.41) is 0. The Morgan fingerprint density at radius 3 is 2.90 bits per heavy atom. The first-order chi connectivity index (χ1) is 4.84. The van der Waals surface area contributed by atoms with Crippen molar-refractivity contribution in [3.8, 4) is 0 Å². The van der Waals surface area contributed by atoms with Crippen molar-refractivity contribution < 1.29 is 4.79 Å². The highest BCUT2D eigenvalue weighted by Crippen LogP contribution is 2.14. The zero-order valence-corrected chi connectivity index (χ0v) is 5.84. The predicted octanol–water partition coefficient (Wildman–Crippen LogP) is 2.02. The van der Waals surface area contributed by atoms with Gasteiger partial charge in [0.15, 0.2) is 5.78 Å². The minimum atomic E-state index is 0.248. The predicted molar refractivity (Wildman–Crippen MR) is 41.7 cm³/mol. The van der Waals surface area contributed by atoms with Gasteiger partial charge in [-0.05, 0) is 6.42 Å². The summed E-state index contributed by atoms with van der Waals surface area (Å²) in [5.41, 5.74) is 0.833. The van der Waals surface area contributed by atoms with Crippen molar-refractivity contribution in [2.24, 2.45) is 0 Å². The maximum Gasteiger partial charge on any atom is 0.162 e. The molecule has 0 amide bonds. The van der Waals surface area contributed by atoms with E-state index >= 15 is 0 Å². The van der Waals surface area contributed by atoms with Crippen molar-refractivity contribution in [3.63, 3.8) is 0 Å². The van der Waals surface area contributed by atoms with Gasteiger partial charge in [0.1, 0.15) is 0 Å². The Kier molecular flexibility index (Phi) is 2.21. The van der Waals surface area contributed by atoms with Crippen molar-refractivity contribution in [1.82, 2.24) is 0 Å². The number of carbonyl (C=O) groups is 1. The van der Waals surface area contributed by atoms with Crippen LogP contribution in [0.5, 0.6) is 0 Å². The maximum atomic E-state index is 10.9. The van der Waals surface area contributed by atoms with Gasteiger partial charge in [0, 0.05) is 12.0 Å².